The topological polar surface area (TPSA) is 38.7 Å². The van der Waals surface area contributed by atoms with Gasteiger partial charge in [0.15, 0.2) is 0 Å². The van der Waals surface area contributed by atoms with Crippen molar-refractivity contribution in [3.05, 3.63) is 78.2 Å². The Kier molecular flexibility index (Phi) is 6.45. The van der Waals surface area contributed by atoms with Gasteiger partial charge in [-0.15, -0.1) is 23.6 Å². The zero-order valence-electron chi connectivity index (χ0n) is 18.9. The third-order valence-electron chi connectivity index (χ3n) is 5.22. The van der Waals surface area contributed by atoms with Crippen LogP contribution in [-0.4, -0.2) is 15.0 Å². The van der Waals surface area contributed by atoms with E-state index in [0.717, 1.165) is 44.8 Å². The molecule has 0 aliphatic rings. The van der Waals surface area contributed by atoms with Gasteiger partial charge in [-0.05, 0) is 17.7 Å². The van der Waals surface area contributed by atoms with Crippen LogP contribution in [0.4, 0.5) is 0 Å². The first-order valence-electron chi connectivity index (χ1n) is 10.4. The SMILES string of the molecule is CC(C)(C)c1cc(C(C)(C)C)nc(-c2cc(-c3ccccn3)[c-]c3ccccc23)n1.[Ir]. The third-order valence-corrected chi connectivity index (χ3v) is 5.22. The van der Waals surface area contributed by atoms with E-state index in [9.17, 15) is 0 Å². The quantitative estimate of drug-likeness (QED) is 0.244. The molecule has 2 aromatic carbocycles. The van der Waals surface area contributed by atoms with Gasteiger partial charge in [0.2, 0.25) is 0 Å². The zero-order chi connectivity index (χ0) is 21.5. The van der Waals surface area contributed by atoms with E-state index in [1.165, 1.54) is 0 Å². The molecule has 0 bridgehead atoms. The Morgan fingerprint density at radius 3 is 1.94 bits per heavy atom. The van der Waals surface area contributed by atoms with Crippen LogP contribution in [0, 0.1) is 6.07 Å². The van der Waals surface area contributed by atoms with Crippen LogP contribution in [0.3, 0.4) is 0 Å². The minimum Gasteiger partial charge on any atom is -0.295 e. The summed E-state index contributed by atoms with van der Waals surface area (Å²) in [5, 5.41) is 2.14. The molecule has 0 fully saturated rings. The second kappa shape index (κ2) is 8.61. The Morgan fingerprint density at radius 2 is 1.35 bits per heavy atom. The predicted molar refractivity (Wildman–Crippen MR) is 124 cm³/mol. The Labute approximate surface area is 198 Å². The zero-order valence-corrected chi connectivity index (χ0v) is 21.3. The largest absolute Gasteiger partial charge is 0.295 e. The Bertz CT molecular complexity index is 1170. The molecule has 0 saturated carbocycles. The third kappa shape index (κ3) is 4.92. The van der Waals surface area contributed by atoms with Crippen molar-refractivity contribution < 1.29 is 20.1 Å². The van der Waals surface area contributed by atoms with Crippen LogP contribution >= 0.6 is 0 Å². The number of hydrogen-bond donors (Lipinski definition) is 0. The summed E-state index contributed by atoms with van der Waals surface area (Å²) in [6.45, 7) is 13.2. The molecule has 0 spiro atoms. The molecule has 4 heteroatoms. The summed E-state index contributed by atoms with van der Waals surface area (Å²) in [5.74, 6) is 0.759. The summed E-state index contributed by atoms with van der Waals surface area (Å²) in [4.78, 5) is 14.6. The Balaban J connectivity index is 0.00000272. The van der Waals surface area contributed by atoms with Gasteiger partial charge in [0.1, 0.15) is 5.82 Å². The van der Waals surface area contributed by atoms with Crippen LogP contribution in [0.5, 0.6) is 0 Å². The standard InChI is InChI=1S/C27H28N3.Ir/c1-26(2,3)23-17-24(27(4,5)6)30-25(29-23)21-16-19(22-13-9-10-14-28-22)15-18-11-7-8-12-20(18)21;/h7-14,16-17H,1-6H3;/q-1;. The molecule has 1 radical (unpaired) electrons. The molecular formula is C27H28IrN3-. The molecule has 0 aliphatic carbocycles. The van der Waals surface area contributed by atoms with Gasteiger partial charge in [-0.25, -0.2) is 9.97 Å². The van der Waals surface area contributed by atoms with Crippen molar-refractivity contribution in [2.45, 2.75) is 52.4 Å². The van der Waals surface area contributed by atoms with Gasteiger partial charge < -0.3 is 0 Å². The molecule has 3 nitrogen and oxygen atoms in total. The van der Waals surface area contributed by atoms with E-state index in [1.807, 2.05) is 30.5 Å². The summed E-state index contributed by atoms with van der Waals surface area (Å²) in [6.07, 6.45) is 1.81. The number of aromatic nitrogens is 3. The van der Waals surface area contributed by atoms with Gasteiger partial charge in [0.05, 0.1) is 11.4 Å². The van der Waals surface area contributed by atoms with Crippen LogP contribution in [-0.2, 0) is 30.9 Å². The molecule has 161 valence electrons. The first-order valence-corrected chi connectivity index (χ1v) is 10.4. The van der Waals surface area contributed by atoms with Crippen molar-refractivity contribution in [3.63, 3.8) is 0 Å². The van der Waals surface area contributed by atoms with Gasteiger partial charge in [0, 0.05) is 42.8 Å². The van der Waals surface area contributed by atoms with E-state index in [1.54, 1.807) is 0 Å². The van der Waals surface area contributed by atoms with Crippen molar-refractivity contribution >= 4 is 10.8 Å². The number of hydrogen-bond acceptors (Lipinski definition) is 3. The summed E-state index contributed by atoms with van der Waals surface area (Å²) in [7, 11) is 0. The maximum absolute atomic E-state index is 5.03. The molecule has 0 atom stereocenters. The van der Waals surface area contributed by atoms with Crippen molar-refractivity contribution in [2.24, 2.45) is 0 Å². The average Bonchev–Trinajstić information content (AvgIpc) is 2.72. The minimum absolute atomic E-state index is 0. The molecule has 0 N–H and O–H groups in total. The van der Waals surface area contributed by atoms with Crippen molar-refractivity contribution in [1.29, 1.82) is 0 Å². The molecule has 31 heavy (non-hydrogen) atoms. The van der Waals surface area contributed by atoms with Gasteiger partial charge >= 0.3 is 0 Å². The van der Waals surface area contributed by atoms with Gasteiger partial charge in [-0.1, -0.05) is 82.8 Å². The van der Waals surface area contributed by atoms with E-state index < -0.39 is 0 Å². The number of rotatable bonds is 2. The fourth-order valence-corrected chi connectivity index (χ4v) is 3.41. The maximum atomic E-state index is 5.03. The van der Waals surface area contributed by atoms with Gasteiger partial charge in [-0.2, -0.15) is 0 Å². The van der Waals surface area contributed by atoms with E-state index >= 15 is 0 Å². The molecule has 0 saturated heterocycles. The fourth-order valence-electron chi connectivity index (χ4n) is 3.41. The number of fused-ring (bicyclic) bond motifs is 1. The number of benzene rings is 2. The number of nitrogens with zero attached hydrogens (tertiary/aromatic N) is 3. The second-order valence-corrected chi connectivity index (χ2v) is 9.82. The van der Waals surface area contributed by atoms with Crippen molar-refractivity contribution in [1.82, 2.24) is 15.0 Å². The van der Waals surface area contributed by atoms with E-state index in [2.05, 4.69) is 82.9 Å². The first kappa shape index (κ1) is 23.2. The molecule has 0 amide bonds. The Morgan fingerprint density at radius 1 is 0.742 bits per heavy atom. The first-order chi connectivity index (χ1) is 14.1. The maximum Gasteiger partial charge on any atom is 0.145 e. The predicted octanol–water partition coefficient (Wildman–Crippen LogP) is 6.75. The smallest absolute Gasteiger partial charge is 0.145 e. The van der Waals surface area contributed by atoms with E-state index in [4.69, 9.17) is 9.97 Å². The van der Waals surface area contributed by atoms with Gasteiger partial charge in [-0.3, -0.25) is 4.98 Å². The summed E-state index contributed by atoms with van der Waals surface area (Å²) in [6, 6.07) is 22.0. The summed E-state index contributed by atoms with van der Waals surface area (Å²) >= 11 is 0. The monoisotopic (exact) mass is 587 g/mol. The van der Waals surface area contributed by atoms with Crippen LogP contribution in [0.1, 0.15) is 52.9 Å². The fraction of sp³-hybridized carbons (Fsp3) is 0.296. The summed E-state index contributed by atoms with van der Waals surface area (Å²) in [5.41, 5.74) is 4.82. The van der Waals surface area contributed by atoms with Crippen LogP contribution in [0.15, 0.2) is 60.8 Å². The normalized spacial score (nSPS) is 11.9. The molecule has 0 aliphatic heterocycles. The van der Waals surface area contributed by atoms with E-state index in [-0.39, 0.29) is 30.9 Å². The van der Waals surface area contributed by atoms with Crippen molar-refractivity contribution in [3.8, 4) is 22.6 Å². The van der Waals surface area contributed by atoms with Crippen LogP contribution < -0.4 is 0 Å². The molecule has 2 heterocycles. The average molecular weight is 587 g/mol. The molecular weight excluding hydrogens is 559 g/mol. The summed E-state index contributed by atoms with van der Waals surface area (Å²) < 4.78 is 0. The van der Waals surface area contributed by atoms with Crippen LogP contribution in [0.2, 0.25) is 0 Å². The molecule has 0 unspecified atom stereocenters. The van der Waals surface area contributed by atoms with Crippen molar-refractivity contribution in [2.75, 3.05) is 0 Å². The van der Waals surface area contributed by atoms with E-state index in [0.29, 0.717) is 0 Å². The van der Waals surface area contributed by atoms with Crippen LogP contribution in [0.25, 0.3) is 33.4 Å². The van der Waals surface area contributed by atoms with Gasteiger partial charge in [0.25, 0.3) is 0 Å². The Hall–Kier alpha value is -2.42. The number of pyridine rings is 1. The minimum atomic E-state index is -0.0712. The molecule has 2 aromatic heterocycles. The molecule has 4 aromatic rings. The second-order valence-electron chi connectivity index (χ2n) is 9.82. The molecule has 4 rings (SSSR count).